The van der Waals surface area contributed by atoms with Crippen molar-refractivity contribution in [2.45, 2.75) is 375 Å². The summed E-state index contributed by atoms with van der Waals surface area (Å²) in [6.45, 7) is 11.9. The second-order valence-electron chi connectivity index (χ2n) is 26.6. The maximum absolute atomic E-state index is 13.0. The molecule has 0 aliphatic heterocycles. The van der Waals surface area contributed by atoms with Gasteiger partial charge in [0.05, 0.1) is 26.4 Å². The average Bonchev–Trinajstić information content (AvgIpc) is 3.66. The van der Waals surface area contributed by atoms with E-state index < -0.39 is 97.5 Å². The standard InChI is InChI=1S/C71H138O17P2/c1-8-11-12-13-14-21-31-38-45-52-68(73)81-58-67(88-71(76)55-48-41-34-26-24-28-35-42-49-62(4)5)61-86-90(79,80)84-57-65(72)56-83-89(77,78)85-60-66(59-82-69(74)53-46-39-32-27-25-30-37-44-51-64(7)10-3)87-70(75)54-47-40-33-23-20-18-16-15-17-19-22-29-36-43-50-63(6)9-2/h62-67,72H,8-61H2,1-7H3,(H,77,78)(H,79,80)/t63?,64?,65-,66-,67-/m1/s1. The lowest BCUT2D eigenvalue weighted by atomic mass is 9.99. The van der Waals surface area contributed by atoms with Gasteiger partial charge >= 0.3 is 39.5 Å². The quantitative estimate of drug-likeness (QED) is 0.0222. The highest BCUT2D eigenvalue weighted by Gasteiger charge is 2.30. The molecule has 0 fully saturated rings. The van der Waals surface area contributed by atoms with E-state index in [2.05, 4.69) is 48.5 Å². The molecular formula is C71H138O17P2. The van der Waals surface area contributed by atoms with Crippen LogP contribution in [0.15, 0.2) is 0 Å². The second-order valence-corrected chi connectivity index (χ2v) is 29.5. The molecule has 0 radical (unpaired) electrons. The summed E-state index contributed by atoms with van der Waals surface area (Å²) in [4.78, 5) is 72.5. The van der Waals surface area contributed by atoms with E-state index in [0.29, 0.717) is 25.7 Å². The molecule has 0 heterocycles. The lowest BCUT2D eigenvalue weighted by Gasteiger charge is -2.21. The van der Waals surface area contributed by atoms with Crippen LogP contribution < -0.4 is 0 Å². The molecule has 90 heavy (non-hydrogen) atoms. The molecule has 0 amide bonds. The summed E-state index contributed by atoms with van der Waals surface area (Å²) in [6, 6.07) is 0. The topological polar surface area (TPSA) is 237 Å². The van der Waals surface area contributed by atoms with Crippen molar-refractivity contribution in [3.8, 4) is 0 Å². The van der Waals surface area contributed by atoms with Gasteiger partial charge in [0.25, 0.3) is 0 Å². The van der Waals surface area contributed by atoms with Crippen molar-refractivity contribution < 1.29 is 80.2 Å². The zero-order valence-corrected chi connectivity index (χ0v) is 60.4. The summed E-state index contributed by atoms with van der Waals surface area (Å²) in [5.41, 5.74) is 0. The first-order valence-corrected chi connectivity index (χ1v) is 39.9. The van der Waals surface area contributed by atoms with Crippen LogP contribution in [-0.2, 0) is 65.4 Å². The van der Waals surface area contributed by atoms with Crippen molar-refractivity contribution in [1.82, 2.24) is 0 Å². The Morgan fingerprint density at radius 3 is 0.844 bits per heavy atom. The molecule has 17 nitrogen and oxygen atoms in total. The Morgan fingerprint density at radius 2 is 0.567 bits per heavy atom. The fourth-order valence-corrected chi connectivity index (χ4v) is 12.2. The van der Waals surface area contributed by atoms with Crippen LogP contribution in [0.25, 0.3) is 0 Å². The molecule has 0 rings (SSSR count). The molecule has 4 unspecified atom stereocenters. The highest BCUT2D eigenvalue weighted by Crippen LogP contribution is 2.45. The van der Waals surface area contributed by atoms with Crippen LogP contribution in [0.5, 0.6) is 0 Å². The van der Waals surface area contributed by atoms with Crippen LogP contribution >= 0.6 is 15.6 Å². The molecule has 0 spiro atoms. The normalized spacial score (nSPS) is 14.8. The number of rotatable bonds is 69. The SMILES string of the molecule is CCCCCCCCCCCC(=O)OC[C@H](COP(=O)(O)OC[C@H](O)COP(=O)(O)OC[C@@H](COC(=O)CCCCCCCCCCC(C)CC)OC(=O)CCCCCCCCCCCCCCCCC(C)CC)OC(=O)CCCCCCCCCCC(C)C. The van der Waals surface area contributed by atoms with Crippen LogP contribution in [0.3, 0.4) is 0 Å². The van der Waals surface area contributed by atoms with E-state index in [0.717, 1.165) is 108 Å². The first kappa shape index (κ1) is 88.1. The molecule has 0 aliphatic rings. The first-order valence-electron chi connectivity index (χ1n) is 36.9. The minimum atomic E-state index is -4.95. The monoisotopic (exact) mass is 1320 g/mol. The van der Waals surface area contributed by atoms with Crippen LogP contribution in [0.2, 0.25) is 0 Å². The van der Waals surface area contributed by atoms with Gasteiger partial charge in [-0.1, -0.05) is 305 Å². The number of ether oxygens (including phenoxy) is 4. The fourth-order valence-electron chi connectivity index (χ4n) is 10.7. The number of hydrogen-bond donors (Lipinski definition) is 3. The Labute approximate surface area is 549 Å². The number of carbonyl (C=O) groups excluding carboxylic acids is 4. The van der Waals surface area contributed by atoms with Gasteiger partial charge in [-0.3, -0.25) is 37.3 Å². The largest absolute Gasteiger partial charge is 0.472 e. The van der Waals surface area contributed by atoms with Gasteiger partial charge in [0.1, 0.15) is 19.3 Å². The van der Waals surface area contributed by atoms with Gasteiger partial charge < -0.3 is 33.8 Å². The van der Waals surface area contributed by atoms with Gasteiger partial charge in [0.15, 0.2) is 12.2 Å². The number of aliphatic hydroxyl groups excluding tert-OH is 1. The summed E-state index contributed by atoms with van der Waals surface area (Å²) >= 11 is 0. The second kappa shape index (κ2) is 61.9. The van der Waals surface area contributed by atoms with Gasteiger partial charge in [-0.2, -0.15) is 0 Å². The summed E-state index contributed by atoms with van der Waals surface area (Å²) in [5.74, 6) is 0.214. The Balaban J connectivity index is 5.23. The van der Waals surface area contributed by atoms with Gasteiger partial charge in [-0.25, -0.2) is 9.13 Å². The van der Waals surface area contributed by atoms with E-state index in [-0.39, 0.29) is 25.7 Å². The minimum absolute atomic E-state index is 0.104. The number of esters is 4. The molecule has 0 aromatic heterocycles. The molecule has 3 N–H and O–H groups in total. The Morgan fingerprint density at radius 1 is 0.322 bits per heavy atom. The number of phosphoric ester groups is 2. The number of aliphatic hydroxyl groups is 1. The van der Waals surface area contributed by atoms with Gasteiger partial charge in [0.2, 0.25) is 0 Å². The van der Waals surface area contributed by atoms with Crippen molar-refractivity contribution in [2.75, 3.05) is 39.6 Å². The van der Waals surface area contributed by atoms with E-state index in [1.54, 1.807) is 0 Å². The summed E-state index contributed by atoms with van der Waals surface area (Å²) < 4.78 is 68.3. The van der Waals surface area contributed by atoms with Crippen LogP contribution in [0, 0.1) is 17.8 Å². The molecule has 0 saturated carbocycles. The minimum Gasteiger partial charge on any atom is -0.462 e. The van der Waals surface area contributed by atoms with Crippen molar-refractivity contribution in [2.24, 2.45) is 17.8 Å². The average molecular weight is 1330 g/mol. The van der Waals surface area contributed by atoms with Crippen molar-refractivity contribution in [1.29, 1.82) is 0 Å². The van der Waals surface area contributed by atoms with E-state index in [1.165, 1.54) is 167 Å². The lowest BCUT2D eigenvalue weighted by Crippen LogP contribution is -2.30. The molecule has 0 aliphatic carbocycles. The van der Waals surface area contributed by atoms with Crippen LogP contribution in [-0.4, -0.2) is 96.7 Å². The number of hydrogen-bond acceptors (Lipinski definition) is 15. The molecule has 0 aromatic rings. The van der Waals surface area contributed by atoms with E-state index >= 15 is 0 Å². The summed E-state index contributed by atoms with van der Waals surface area (Å²) in [7, 11) is -9.90. The van der Waals surface area contributed by atoms with Crippen LogP contribution in [0.4, 0.5) is 0 Å². The Bertz CT molecular complexity index is 1770. The van der Waals surface area contributed by atoms with Gasteiger partial charge in [-0.05, 0) is 43.4 Å². The van der Waals surface area contributed by atoms with Crippen molar-refractivity contribution >= 4 is 39.5 Å². The third-order valence-electron chi connectivity index (χ3n) is 17.1. The predicted octanol–water partition coefficient (Wildman–Crippen LogP) is 20.2. The highest BCUT2D eigenvalue weighted by molar-refractivity contribution is 7.47. The molecule has 7 atom stereocenters. The van der Waals surface area contributed by atoms with Crippen LogP contribution in [0.1, 0.15) is 357 Å². The Hall–Kier alpha value is -1.94. The smallest absolute Gasteiger partial charge is 0.462 e. The summed E-state index contributed by atoms with van der Waals surface area (Å²) in [6.07, 6.45) is 45.7. The fraction of sp³-hybridized carbons (Fsp3) is 0.944. The first-order chi connectivity index (χ1) is 43.3. The van der Waals surface area contributed by atoms with E-state index in [4.69, 9.17) is 37.0 Å². The lowest BCUT2D eigenvalue weighted by molar-refractivity contribution is -0.161. The maximum atomic E-state index is 13.0. The highest BCUT2D eigenvalue weighted by atomic mass is 31.2. The Kier molecular flexibility index (Phi) is 60.6. The van der Waals surface area contributed by atoms with Crippen molar-refractivity contribution in [3.05, 3.63) is 0 Å². The summed E-state index contributed by atoms with van der Waals surface area (Å²) in [5, 5.41) is 10.6. The predicted molar refractivity (Wildman–Crippen MR) is 363 cm³/mol. The molecule has 19 heteroatoms. The van der Waals surface area contributed by atoms with E-state index in [9.17, 15) is 43.2 Å². The molecular weight excluding hydrogens is 1190 g/mol. The maximum Gasteiger partial charge on any atom is 0.472 e. The molecule has 0 saturated heterocycles. The molecule has 0 aromatic carbocycles. The van der Waals surface area contributed by atoms with Crippen molar-refractivity contribution in [3.63, 3.8) is 0 Å². The molecule has 534 valence electrons. The number of unbranched alkanes of at least 4 members (excludes halogenated alkanes) is 35. The zero-order valence-electron chi connectivity index (χ0n) is 58.6. The van der Waals surface area contributed by atoms with Gasteiger partial charge in [0, 0.05) is 25.7 Å². The third kappa shape index (κ3) is 62.2. The molecule has 0 bridgehead atoms. The van der Waals surface area contributed by atoms with Gasteiger partial charge in [-0.15, -0.1) is 0 Å². The van der Waals surface area contributed by atoms with E-state index in [1.807, 2.05) is 0 Å². The zero-order chi connectivity index (χ0) is 66.6. The third-order valence-corrected chi connectivity index (χ3v) is 19.0. The number of carbonyl (C=O) groups is 4. The number of phosphoric acid groups is 2.